The largest absolute Gasteiger partial charge is 0.352 e. The molecule has 3 heterocycles. The number of nitrogens with one attached hydrogen (secondary N) is 1. The maximum atomic E-state index is 6.22. The van der Waals surface area contributed by atoms with Gasteiger partial charge in [0.25, 0.3) is 0 Å². The topological polar surface area (TPSA) is 33.1 Å². The molecule has 2 aromatic heterocycles. The third-order valence-electron chi connectivity index (χ3n) is 5.04. The molecular formula is C21H21ClN4S. The van der Waals surface area contributed by atoms with E-state index >= 15 is 0 Å². The van der Waals surface area contributed by atoms with Gasteiger partial charge < -0.3 is 14.8 Å². The lowest BCUT2D eigenvalue weighted by Gasteiger charge is -2.28. The Morgan fingerprint density at radius 1 is 1.19 bits per heavy atom. The van der Waals surface area contributed by atoms with Crippen LogP contribution in [0.3, 0.4) is 0 Å². The summed E-state index contributed by atoms with van der Waals surface area (Å²) < 4.78 is 2.21. The third kappa shape index (κ3) is 3.22. The van der Waals surface area contributed by atoms with Crippen LogP contribution in [0.4, 0.5) is 0 Å². The molecule has 0 aliphatic carbocycles. The van der Waals surface area contributed by atoms with Gasteiger partial charge in [0.05, 0.1) is 17.8 Å². The van der Waals surface area contributed by atoms with Crippen molar-refractivity contribution in [1.29, 1.82) is 0 Å². The number of hydrogen-bond donors (Lipinski definition) is 1. The summed E-state index contributed by atoms with van der Waals surface area (Å²) in [5.74, 6) is 0. The molecule has 0 unspecified atom stereocenters. The highest BCUT2D eigenvalue weighted by atomic mass is 35.5. The first-order valence-electron chi connectivity index (χ1n) is 9.02. The monoisotopic (exact) mass is 396 g/mol. The minimum atomic E-state index is 0.000646. The number of benzene rings is 1. The number of rotatable bonds is 4. The van der Waals surface area contributed by atoms with E-state index in [0.29, 0.717) is 0 Å². The van der Waals surface area contributed by atoms with E-state index in [9.17, 15) is 0 Å². The Morgan fingerprint density at radius 2 is 2.04 bits per heavy atom. The summed E-state index contributed by atoms with van der Waals surface area (Å²) >= 11 is 11.8. The van der Waals surface area contributed by atoms with Crippen molar-refractivity contribution >= 4 is 28.9 Å². The first kappa shape index (κ1) is 18.0. The highest BCUT2D eigenvalue weighted by Crippen LogP contribution is 2.39. The number of nitrogens with zero attached hydrogens (tertiary/aromatic N) is 3. The van der Waals surface area contributed by atoms with Crippen molar-refractivity contribution in [3.05, 3.63) is 82.9 Å². The zero-order valence-electron chi connectivity index (χ0n) is 15.3. The van der Waals surface area contributed by atoms with E-state index in [4.69, 9.17) is 23.8 Å². The fourth-order valence-electron chi connectivity index (χ4n) is 3.72. The van der Waals surface area contributed by atoms with Gasteiger partial charge in [-0.3, -0.25) is 4.98 Å². The minimum absolute atomic E-state index is 0.000646. The molecule has 0 amide bonds. The van der Waals surface area contributed by atoms with Crippen molar-refractivity contribution in [3.63, 3.8) is 0 Å². The zero-order valence-corrected chi connectivity index (χ0v) is 16.8. The summed E-state index contributed by atoms with van der Waals surface area (Å²) in [6, 6.07) is 16.4. The summed E-state index contributed by atoms with van der Waals surface area (Å²) in [4.78, 5) is 6.80. The average Bonchev–Trinajstić information content (AvgIpc) is 3.28. The molecule has 4 nitrogen and oxygen atoms in total. The van der Waals surface area contributed by atoms with Crippen molar-refractivity contribution in [3.8, 4) is 5.69 Å². The van der Waals surface area contributed by atoms with Gasteiger partial charge in [0, 0.05) is 35.3 Å². The standard InChI is InChI=1S/C21H21ClN4S/c1-3-25-20(19(24-21(25)27)17-7-4-5-11-23-17)18-8-6-12-26(18)15-9-10-16(22)14(2)13-15/h4-13,19-20H,3H2,1-2H3,(H,24,27)/t19-,20-/m1/s1. The van der Waals surface area contributed by atoms with Gasteiger partial charge in [-0.15, -0.1) is 0 Å². The fourth-order valence-corrected chi connectivity index (χ4v) is 4.20. The Hall–Kier alpha value is -2.37. The second kappa shape index (κ2) is 7.33. The van der Waals surface area contributed by atoms with Crippen molar-refractivity contribution in [2.45, 2.75) is 25.9 Å². The van der Waals surface area contributed by atoms with Gasteiger partial charge in [0.1, 0.15) is 0 Å². The Bertz CT molecular complexity index is 969. The predicted octanol–water partition coefficient (Wildman–Crippen LogP) is 4.83. The van der Waals surface area contributed by atoms with E-state index in [0.717, 1.165) is 33.6 Å². The lowest BCUT2D eigenvalue weighted by atomic mass is 10.0. The Labute approximate surface area is 169 Å². The molecule has 3 aromatic rings. The van der Waals surface area contributed by atoms with Crippen LogP contribution in [-0.4, -0.2) is 26.1 Å². The van der Waals surface area contributed by atoms with Gasteiger partial charge in [-0.2, -0.15) is 0 Å². The minimum Gasteiger partial charge on any atom is -0.352 e. The van der Waals surface area contributed by atoms with Crippen molar-refractivity contribution in [2.75, 3.05) is 6.54 Å². The maximum Gasteiger partial charge on any atom is 0.170 e. The number of hydrogen-bond acceptors (Lipinski definition) is 2. The van der Waals surface area contributed by atoms with Crippen LogP contribution in [0.25, 0.3) is 5.69 Å². The van der Waals surface area contributed by atoms with E-state index in [1.165, 1.54) is 5.69 Å². The molecule has 0 saturated carbocycles. The van der Waals surface area contributed by atoms with Gasteiger partial charge in [0.2, 0.25) is 0 Å². The van der Waals surface area contributed by atoms with E-state index in [1.807, 2.05) is 43.5 Å². The van der Waals surface area contributed by atoms with Crippen molar-refractivity contribution in [1.82, 2.24) is 19.8 Å². The zero-order chi connectivity index (χ0) is 19.0. The van der Waals surface area contributed by atoms with Crippen LogP contribution in [0.1, 0.15) is 36.0 Å². The second-order valence-corrected chi connectivity index (χ2v) is 7.44. The summed E-state index contributed by atoms with van der Waals surface area (Å²) in [7, 11) is 0. The molecule has 4 rings (SSSR count). The predicted molar refractivity (Wildman–Crippen MR) is 113 cm³/mol. The number of aryl methyl sites for hydroxylation is 1. The normalized spacial score (nSPS) is 19.4. The highest BCUT2D eigenvalue weighted by Gasteiger charge is 2.40. The first-order chi connectivity index (χ1) is 13.1. The molecule has 0 bridgehead atoms. The molecule has 0 spiro atoms. The molecule has 1 aromatic carbocycles. The lowest BCUT2D eigenvalue weighted by Crippen LogP contribution is -2.30. The van der Waals surface area contributed by atoms with Crippen LogP contribution >= 0.6 is 23.8 Å². The van der Waals surface area contributed by atoms with Gasteiger partial charge in [-0.05, 0) is 74.1 Å². The molecule has 1 fully saturated rings. The van der Waals surface area contributed by atoms with Crippen molar-refractivity contribution in [2.24, 2.45) is 0 Å². The van der Waals surface area contributed by atoms with E-state index in [1.54, 1.807) is 0 Å². The molecule has 0 radical (unpaired) electrons. The average molecular weight is 397 g/mol. The molecule has 27 heavy (non-hydrogen) atoms. The SMILES string of the molecule is CCN1C(=S)N[C@H](c2ccccn2)[C@H]1c1cccn1-c1ccc(Cl)c(C)c1. The smallest absolute Gasteiger partial charge is 0.170 e. The maximum absolute atomic E-state index is 6.22. The van der Waals surface area contributed by atoms with Gasteiger partial charge in [-0.25, -0.2) is 0 Å². The van der Waals surface area contributed by atoms with Crippen molar-refractivity contribution < 1.29 is 0 Å². The summed E-state index contributed by atoms with van der Waals surface area (Å²) in [5, 5.41) is 5.01. The van der Waals surface area contributed by atoms with Crippen LogP contribution < -0.4 is 5.32 Å². The second-order valence-electron chi connectivity index (χ2n) is 6.65. The Morgan fingerprint density at radius 3 is 2.74 bits per heavy atom. The van der Waals surface area contributed by atoms with Crippen LogP contribution in [0.2, 0.25) is 5.02 Å². The molecule has 138 valence electrons. The molecule has 1 aliphatic rings. The number of halogens is 1. The molecule has 2 atom stereocenters. The summed E-state index contributed by atoms with van der Waals surface area (Å²) in [5.41, 5.74) is 4.30. The highest BCUT2D eigenvalue weighted by molar-refractivity contribution is 7.80. The van der Waals surface area contributed by atoms with Crippen LogP contribution in [0.15, 0.2) is 60.9 Å². The lowest BCUT2D eigenvalue weighted by molar-refractivity contribution is 0.321. The molecule has 6 heteroatoms. The Balaban J connectivity index is 1.81. The third-order valence-corrected chi connectivity index (χ3v) is 5.82. The van der Waals surface area contributed by atoms with Gasteiger partial charge in [0.15, 0.2) is 5.11 Å². The molecule has 1 saturated heterocycles. The fraction of sp³-hybridized carbons (Fsp3) is 0.238. The summed E-state index contributed by atoms with van der Waals surface area (Å²) in [6.45, 7) is 4.97. The molecule has 1 N–H and O–H groups in total. The number of aromatic nitrogens is 2. The van der Waals surface area contributed by atoms with Gasteiger partial charge >= 0.3 is 0 Å². The van der Waals surface area contributed by atoms with E-state index in [-0.39, 0.29) is 12.1 Å². The van der Waals surface area contributed by atoms with E-state index < -0.39 is 0 Å². The van der Waals surface area contributed by atoms with Crippen LogP contribution in [0, 0.1) is 6.92 Å². The molecule has 1 aliphatic heterocycles. The van der Waals surface area contributed by atoms with Crippen LogP contribution in [0.5, 0.6) is 0 Å². The molecular weight excluding hydrogens is 376 g/mol. The Kier molecular flexibility index (Phi) is 4.89. The van der Waals surface area contributed by atoms with Gasteiger partial charge in [-0.1, -0.05) is 17.7 Å². The first-order valence-corrected chi connectivity index (χ1v) is 9.80. The quantitative estimate of drug-likeness (QED) is 0.640. The number of thiocarbonyl (C=S) groups is 1. The number of pyridine rings is 1. The summed E-state index contributed by atoms with van der Waals surface area (Å²) in [6.07, 6.45) is 3.91. The number of likely N-dealkylation sites (N-methyl/N-ethyl adjacent to an activating group) is 1. The van der Waals surface area contributed by atoms with E-state index in [2.05, 4.69) is 51.1 Å². The van der Waals surface area contributed by atoms with Crippen LogP contribution in [-0.2, 0) is 0 Å².